The van der Waals surface area contributed by atoms with Crippen LogP contribution < -0.4 is 5.32 Å². The summed E-state index contributed by atoms with van der Waals surface area (Å²) in [6, 6.07) is 0. The highest BCUT2D eigenvalue weighted by atomic mass is 15.2. The van der Waals surface area contributed by atoms with Gasteiger partial charge in [0, 0.05) is 39.3 Å². The zero-order valence-electron chi connectivity index (χ0n) is 14.2. The van der Waals surface area contributed by atoms with Gasteiger partial charge in [0.1, 0.15) is 0 Å². The van der Waals surface area contributed by atoms with Crippen molar-refractivity contribution in [1.29, 1.82) is 0 Å². The van der Waals surface area contributed by atoms with Crippen LogP contribution in [0.3, 0.4) is 0 Å². The molecule has 1 heterocycles. The SMILES string of the molecule is CCCCCCC(CC)CNCCN1CCN(C)CC1. The monoisotopic (exact) mass is 283 g/mol. The maximum atomic E-state index is 3.68. The van der Waals surface area contributed by atoms with Crippen LogP contribution in [0.2, 0.25) is 0 Å². The zero-order valence-corrected chi connectivity index (χ0v) is 14.2. The highest BCUT2D eigenvalue weighted by Crippen LogP contribution is 2.13. The van der Waals surface area contributed by atoms with Gasteiger partial charge in [0.25, 0.3) is 0 Å². The quantitative estimate of drug-likeness (QED) is 0.588. The van der Waals surface area contributed by atoms with E-state index in [1.807, 2.05) is 0 Å². The first-order valence-electron chi connectivity index (χ1n) is 8.87. The molecule has 1 N–H and O–H groups in total. The van der Waals surface area contributed by atoms with Crippen LogP contribution in [0.4, 0.5) is 0 Å². The topological polar surface area (TPSA) is 18.5 Å². The van der Waals surface area contributed by atoms with Gasteiger partial charge in [0.15, 0.2) is 0 Å². The van der Waals surface area contributed by atoms with Crippen molar-refractivity contribution in [3.8, 4) is 0 Å². The van der Waals surface area contributed by atoms with Crippen molar-refractivity contribution in [3.05, 3.63) is 0 Å². The van der Waals surface area contributed by atoms with Crippen LogP contribution in [-0.4, -0.2) is 62.7 Å². The molecular formula is C17H37N3. The Balaban J connectivity index is 1.97. The maximum Gasteiger partial charge on any atom is 0.0110 e. The molecule has 0 bridgehead atoms. The number of rotatable bonds is 11. The Bertz CT molecular complexity index is 212. The van der Waals surface area contributed by atoms with Crippen molar-refractivity contribution in [1.82, 2.24) is 15.1 Å². The van der Waals surface area contributed by atoms with Gasteiger partial charge in [0.2, 0.25) is 0 Å². The zero-order chi connectivity index (χ0) is 14.6. The molecule has 1 saturated heterocycles. The Hall–Kier alpha value is -0.120. The lowest BCUT2D eigenvalue weighted by molar-refractivity contribution is 0.154. The number of unbranched alkanes of at least 4 members (excludes halogenated alkanes) is 3. The normalized spacial score (nSPS) is 19.4. The van der Waals surface area contributed by atoms with Crippen molar-refractivity contribution in [2.45, 2.75) is 52.4 Å². The molecule has 1 fully saturated rings. The highest BCUT2D eigenvalue weighted by molar-refractivity contribution is 4.70. The summed E-state index contributed by atoms with van der Waals surface area (Å²) in [4.78, 5) is 5.02. The predicted molar refractivity (Wildman–Crippen MR) is 89.3 cm³/mol. The molecule has 0 spiro atoms. The number of hydrogen-bond donors (Lipinski definition) is 1. The molecule has 20 heavy (non-hydrogen) atoms. The summed E-state index contributed by atoms with van der Waals surface area (Å²) in [7, 11) is 2.22. The average Bonchev–Trinajstić information content (AvgIpc) is 2.47. The lowest BCUT2D eigenvalue weighted by Crippen LogP contribution is -2.46. The lowest BCUT2D eigenvalue weighted by Gasteiger charge is -2.32. The van der Waals surface area contributed by atoms with Crippen LogP contribution in [0.5, 0.6) is 0 Å². The van der Waals surface area contributed by atoms with Gasteiger partial charge in [-0.15, -0.1) is 0 Å². The van der Waals surface area contributed by atoms with Crippen LogP contribution in [0.1, 0.15) is 52.4 Å². The second-order valence-corrected chi connectivity index (χ2v) is 6.47. The molecule has 0 saturated carbocycles. The number of likely N-dealkylation sites (N-methyl/N-ethyl adjacent to an activating group) is 1. The molecular weight excluding hydrogens is 246 g/mol. The second kappa shape index (κ2) is 11.5. The minimum Gasteiger partial charge on any atom is -0.315 e. The lowest BCUT2D eigenvalue weighted by atomic mass is 9.98. The minimum atomic E-state index is 0.888. The van der Waals surface area contributed by atoms with Crippen molar-refractivity contribution in [2.24, 2.45) is 5.92 Å². The number of hydrogen-bond acceptors (Lipinski definition) is 3. The first-order chi connectivity index (χ1) is 9.76. The fraction of sp³-hybridized carbons (Fsp3) is 1.00. The Morgan fingerprint density at radius 1 is 1.00 bits per heavy atom. The molecule has 0 aromatic heterocycles. The summed E-state index contributed by atoms with van der Waals surface area (Å²) in [5.41, 5.74) is 0. The molecule has 0 amide bonds. The molecule has 1 atom stereocenters. The Morgan fingerprint density at radius 3 is 2.40 bits per heavy atom. The second-order valence-electron chi connectivity index (χ2n) is 6.47. The third-order valence-corrected chi connectivity index (χ3v) is 4.68. The number of piperazine rings is 1. The van der Waals surface area contributed by atoms with Crippen LogP contribution in [0.25, 0.3) is 0 Å². The Morgan fingerprint density at radius 2 is 1.75 bits per heavy atom. The van der Waals surface area contributed by atoms with Gasteiger partial charge >= 0.3 is 0 Å². The first-order valence-corrected chi connectivity index (χ1v) is 8.87. The van der Waals surface area contributed by atoms with E-state index >= 15 is 0 Å². The maximum absolute atomic E-state index is 3.68. The fourth-order valence-corrected chi connectivity index (χ4v) is 2.93. The summed E-state index contributed by atoms with van der Waals surface area (Å²) < 4.78 is 0. The number of nitrogens with one attached hydrogen (secondary N) is 1. The third-order valence-electron chi connectivity index (χ3n) is 4.68. The molecule has 0 radical (unpaired) electrons. The van der Waals surface area contributed by atoms with Gasteiger partial charge in [-0.25, -0.2) is 0 Å². The van der Waals surface area contributed by atoms with Gasteiger partial charge in [-0.1, -0.05) is 46.0 Å². The van der Waals surface area contributed by atoms with E-state index in [0.29, 0.717) is 0 Å². The minimum absolute atomic E-state index is 0.888. The molecule has 120 valence electrons. The molecule has 1 aliphatic heterocycles. The highest BCUT2D eigenvalue weighted by Gasteiger charge is 2.13. The largest absolute Gasteiger partial charge is 0.315 e. The van der Waals surface area contributed by atoms with Crippen molar-refractivity contribution in [2.75, 3.05) is 52.9 Å². The molecule has 0 aliphatic carbocycles. The van der Waals surface area contributed by atoms with Gasteiger partial charge in [-0.2, -0.15) is 0 Å². The van der Waals surface area contributed by atoms with Crippen molar-refractivity contribution < 1.29 is 0 Å². The van der Waals surface area contributed by atoms with E-state index < -0.39 is 0 Å². The number of nitrogens with zero attached hydrogens (tertiary/aromatic N) is 2. The van der Waals surface area contributed by atoms with E-state index in [1.54, 1.807) is 0 Å². The van der Waals surface area contributed by atoms with Gasteiger partial charge in [-0.05, 0) is 25.9 Å². The summed E-state index contributed by atoms with van der Waals surface area (Å²) in [6.45, 7) is 13.2. The van der Waals surface area contributed by atoms with E-state index in [2.05, 4.69) is 36.0 Å². The summed E-state index contributed by atoms with van der Waals surface area (Å²) in [5.74, 6) is 0.888. The molecule has 0 aromatic rings. The van der Waals surface area contributed by atoms with Crippen LogP contribution in [0, 0.1) is 5.92 Å². The van der Waals surface area contributed by atoms with E-state index in [4.69, 9.17) is 0 Å². The molecule has 3 heteroatoms. The molecule has 0 aromatic carbocycles. The average molecular weight is 284 g/mol. The van der Waals surface area contributed by atoms with Gasteiger partial charge in [0.05, 0.1) is 0 Å². The molecule has 1 aliphatic rings. The third kappa shape index (κ3) is 8.23. The Kier molecular flexibility index (Phi) is 10.3. The fourth-order valence-electron chi connectivity index (χ4n) is 2.93. The van der Waals surface area contributed by atoms with Crippen LogP contribution in [0.15, 0.2) is 0 Å². The van der Waals surface area contributed by atoms with Crippen LogP contribution >= 0.6 is 0 Å². The first kappa shape index (κ1) is 17.9. The van der Waals surface area contributed by atoms with Gasteiger partial charge in [-0.3, -0.25) is 4.90 Å². The van der Waals surface area contributed by atoms with E-state index in [1.165, 1.54) is 77.8 Å². The van der Waals surface area contributed by atoms with Crippen LogP contribution in [-0.2, 0) is 0 Å². The predicted octanol–water partition coefficient (Wildman–Crippen LogP) is 2.82. The van der Waals surface area contributed by atoms with E-state index in [-0.39, 0.29) is 0 Å². The summed E-state index contributed by atoms with van der Waals surface area (Å²) >= 11 is 0. The summed E-state index contributed by atoms with van der Waals surface area (Å²) in [5, 5.41) is 3.68. The van der Waals surface area contributed by atoms with Gasteiger partial charge < -0.3 is 10.2 Å². The van der Waals surface area contributed by atoms with E-state index in [0.717, 1.165) is 12.5 Å². The summed E-state index contributed by atoms with van der Waals surface area (Å²) in [6.07, 6.45) is 8.35. The molecule has 3 nitrogen and oxygen atoms in total. The van der Waals surface area contributed by atoms with E-state index in [9.17, 15) is 0 Å². The van der Waals surface area contributed by atoms with Crippen molar-refractivity contribution >= 4 is 0 Å². The standard InChI is InChI=1S/C17H37N3/c1-4-6-7-8-9-17(5-2)16-18-10-11-20-14-12-19(3)13-15-20/h17-18H,4-16H2,1-3H3. The Labute approximate surface area is 127 Å². The van der Waals surface area contributed by atoms with Crippen molar-refractivity contribution in [3.63, 3.8) is 0 Å². The molecule has 1 unspecified atom stereocenters. The molecule has 1 rings (SSSR count). The smallest absolute Gasteiger partial charge is 0.0110 e.